The van der Waals surface area contributed by atoms with Gasteiger partial charge in [-0.1, -0.05) is 13.8 Å². The van der Waals surface area contributed by atoms with Gasteiger partial charge in [-0.15, -0.1) is 0 Å². The van der Waals surface area contributed by atoms with Gasteiger partial charge in [-0.25, -0.2) is 0 Å². The summed E-state index contributed by atoms with van der Waals surface area (Å²) in [7, 11) is 0. The number of aliphatic hydroxyl groups excluding tert-OH is 1. The molecule has 2 rings (SSSR count). The molecule has 2 saturated heterocycles. The Kier molecular flexibility index (Phi) is 5.67. The summed E-state index contributed by atoms with van der Waals surface area (Å²) >= 11 is 0. The van der Waals surface area contributed by atoms with Crippen LogP contribution in [0.5, 0.6) is 0 Å². The van der Waals surface area contributed by atoms with Crippen LogP contribution >= 0.6 is 0 Å². The van der Waals surface area contributed by atoms with E-state index in [2.05, 4.69) is 18.7 Å². The molecule has 0 spiro atoms. The molecule has 0 aromatic heterocycles. The first-order valence-corrected chi connectivity index (χ1v) is 8.06. The van der Waals surface area contributed by atoms with E-state index in [0.717, 1.165) is 44.4 Å². The summed E-state index contributed by atoms with van der Waals surface area (Å²) in [6, 6.07) is 0. The minimum atomic E-state index is 0.00984. The molecule has 0 aliphatic carbocycles. The van der Waals surface area contributed by atoms with Gasteiger partial charge in [0.25, 0.3) is 0 Å². The summed E-state index contributed by atoms with van der Waals surface area (Å²) in [6.45, 7) is 10.0. The van der Waals surface area contributed by atoms with Crippen LogP contribution in [0.1, 0.15) is 46.0 Å². The molecule has 2 aliphatic heterocycles. The van der Waals surface area contributed by atoms with Crippen molar-refractivity contribution in [2.24, 2.45) is 17.3 Å². The molecule has 2 aliphatic rings. The van der Waals surface area contributed by atoms with Crippen molar-refractivity contribution in [1.29, 1.82) is 0 Å². The standard InChI is InChI=1S/C16H31NO2/c1-14(2)15-5-3-8-17(9-6-15)11-16(12-18)7-4-10-19-13-16/h14-15,18H,3-13H2,1-2H3. The van der Waals surface area contributed by atoms with E-state index in [-0.39, 0.29) is 12.0 Å². The first-order chi connectivity index (χ1) is 9.15. The molecule has 3 nitrogen and oxygen atoms in total. The highest BCUT2D eigenvalue weighted by molar-refractivity contribution is 4.86. The third-order valence-electron chi connectivity index (χ3n) is 5.11. The summed E-state index contributed by atoms with van der Waals surface area (Å²) in [5.41, 5.74) is 0.00984. The number of likely N-dealkylation sites (tertiary alicyclic amines) is 1. The zero-order chi connectivity index (χ0) is 13.7. The highest BCUT2D eigenvalue weighted by atomic mass is 16.5. The summed E-state index contributed by atoms with van der Waals surface area (Å²) in [6.07, 6.45) is 6.22. The van der Waals surface area contributed by atoms with Gasteiger partial charge in [0, 0.05) is 18.6 Å². The Hall–Kier alpha value is -0.120. The van der Waals surface area contributed by atoms with Crippen molar-refractivity contribution >= 4 is 0 Å². The van der Waals surface area contributed by atoms with Gasteiger partial charge in [0.1, 0.15) is 0 Å². The summed E-state index contributed by atoms with van der Waals surface area (Å²) < 4.78 is 5.62. The van der Waals surface area contributed by atoms with Crippen molar-refractivity contribution in [1.82, 2.24) is 4.90 Å². The molecule has 0 saturated carbocycles. The highest BCUT2D eigenvalue weighted by Crippen LogP contribution is 2.31. The minimum absolute atomic E-state index is 0.00984. The zero-order valence-electron chi connectivity index (χ0n) is 12.7. The Labute approximate surface area is 118 Å². The molecule has 0 bridgehead atoms. The van der Waals surface area contributed by atoms with Crippen LogP contribution in [0, 0.1) is 17.3 Å². The number of hydrogen-bond donors (Lipinski definition) is 1. The van der Waals surface area contributed by atoms with Crippen LogP contribution in [0.2, 0.25) is 0 Å². The zero-order valence-corrected chi connectivity index (χ0v) is 12.7. The number of ether oxygens (including phenoxy) is 1. The van der Waals surface area contributed by atoms with Crippen molar-refractivity contribution < 1.29 is 9.84 Å². The van der Waals surface area contributed by atoms with Crippen LogP contribution in [-0.4, -0.2) is 49.5 Å². The Morgan fingerprint density at radius 1 is 1.26 bits per heavy atom. The van der Waals surface area contributed by atoms with E-state index in [9.17, 15) is 5.11 Å². The highest BCUT2D eigenvalue weighted by Gasteiger charge is 2.34. The molecule has 0 aromatic carbocycles. The lowest BCUT2D eigenvalue weighted by molar-refractivity contribution is -0.0550. The molecular formula is C16H31NO2. The summed E-state index contributed by atoms with van der Waals surface area (Å²) in [4.78, 5) is 2.58. The number of rotatable bonds is 4. The van der Waals surface area contributed by atoms with Crippen LogP contribution < -0.4 is 0 Å². The van der Waals surface area contributed by atoms with E-state index in [1.807, 2.05) is 0 Å². The smallest absolute Gasteiger partial charge is 0.0556 e. The maximum Gasteiger partial charge on any atom is 0.0556 e. The summed E-state index contributed by atoms with van der Waals surface area (Å²) in [5, 5.41) is 9.78. The molecule has 19 heavy (non-hydrogen) atoms. The second kappa shape index (κ2) is 7.05. The van der Waals surface area contributed by atoms with Crippen molar-refractivity contribution in [3.8, 4) is 0 Å². The Bertz CT molecular complexity index is 261. The average molecular weight is 269 g/mol. The lowest BCUT2D eigenvalue weighted by Crippen LogP contribution is -2.46. The van der Waals surface area contributed by atoms with E-state index >= 15 is 0 Å². The molecule has 2 heterocycles. The first-order valence-electron chi connectivity index (χ1n) is 8.06. The van der Waals surface area contributed by atoms with Crippen LogP contribution in [0.25, 0.3) is 0 Å². The SMILES string of the molecule is CC(C)C1CCCN(CC2(CO)CCCOC2)CC1. The van der Waals surface area contributed by atoms with E-state index in [4.69, 9.17) is 4.74 Å². The number of hydrogen-bond acceptors (Lipinski definition) is 3. The number of nitrogens with zero attached hydrogens (tertiary/aromatic N) is 1. The monoisotopic (exact) mass is 269 g/mol. The molecule has 0 aromatic rings. The first kappa shape index (κ1) is 15.3. The predicted octanol–water partition coefficient (Wildman–Crippen LogP) is 2.53. The van der Waals surface area contributed by atoms with E-state index in [0.29, 0.717) is 0 Å². The van der Waals surface area contributed by atoms with E-state index in [1.54, 1.807) is 0 Å². The van der Waals surface area contributed by atoms with E-state index < -0.39 is 0 Å². The van der Waals surface area contributed by atoms with Crippen LogP contribution in [-0.2, 0) is 4.74 Å². The van der Waals surface area contributed by atoms with Crippen LogP contribution in [0.15, 0.2) is 0 Å². The third kappa shape index (κ3) is 4.17. The quantitative estimate of drug-likeness (QED) is 0.851. The van der Waals surface area contributed by atoms with Gasteiger partial charge in [0.2, 0.25) is 0 Å². The van der Waals surface area contributed by atoms with Gasteiger partial charge in [-0.2, -0.15) is 0 Å². The van der Waals surface area contributed by atoms with Crippen molar-refractivity contribution in [2.45, 2.75) is 46.0 Å². The number of aliphatic hydroxyl groups is 1. The van der Waals surface area contributed by atoms with Gasteiger partial charge >= 0.3 is 0 Å². The second-order valence-electron chi connectivity index (χ2n) is 7.03. The molecule has 0 amide bonds. The normalized spacial score (nSPS) is 34.4. The topological polar surface area (TPSA) is 32.7 Å². The molecule has 2 atom stereocenters. The molecule has 2 unspecified atom stereocenters. The summed E-state index contributed by atoms with van der Waals surface area (Å²) in [5.74, 6) is 1.70. The predicted molar refractivity (Wildman–Crippen MR) is 78.2 cm³/mol. The fraction of sp³-hybridized carbons (Fsp3) is 1.00. The Morgan fingerprint density at radius 3 is 2.74 bits per heavy atom. The fourth-order valence-electron chi connectivity index (χ4n) is 3.69. The van der Waals surface area contributed by atoms with Crippen LogP contribution in [0.3, 0.4) is 0 Å². The molecule has 1 N–H and O–H groups in total. The van der Waals surface area contributed by atoms with Gasteiger partial charge in [-0.05, 0) is 57.0 Å². The average Bonchev–Trinajstić information content (AvgIpc) is 2.65. The Balaban J connectivity index is 1.87. The lowest BCUT2D eigenvalue weighted by Gasteiger charge is -2.39. The van der Waals surface area contributed by atoms with Gasteiger partial charge in [-0.3, -0.25) is 0 Å². The van der Waals surface area contributed by atoms with Crippen molar-refractivity contribution in [2.75, 3.05) is 39.5 Å². The van der Waals surface area contributed by atoms with Gasteiger partial charge < -0.3 is 14.7 Å². The van der Waals surface area contributed by atoms with Crippen molar-refractivity contribution in [3.63, 3.8) is 0 Å². The fourth-order valence-corrected chi connectivity index (χ4v) is 3.69. The minimum Gasteiger partial charge on any atom is -0.396 e. The molecule has 112 valence electrons. The van der Waals surface area contributed by atoms with E-state index in [1.165, 1.54) is 32.4 Å². The molecule has 3 heteroatoms. The van der Waals surface area contributed by atoms with Crippen molar-refractivity contribution in [3.05, 3.63) is 0 Å². The second-order valence-corrected chi connectivity index (χ2v) is 7.03. The Morgan fingerprint density at radius 2 is 2.11 bits per heavy atom. The third-order valence-corrected chi connectivity index (χ3v) is 5.11. The molecule has 0 radical (unpaired) electrons. The molecule has 2 fully saturated rings. The molecular weight excluding hydrogens is 238 g/mol. The maximum atomic E-state index is 9.78. The largest absolute Gasteiger partial charge is 0.396 e. The lowest BCUT2D eigenvalue weighted by atomic mass is 9.82. The van der Waals surface area contributed by atoms with Gasteiger partial charge in [0.05, 0.1) is 13.2 Å². The van der Waals surface area contributed by atoms with Crippen LogP contribution in [0.4, 0.5) is 0 Å². The maximum absolute atomic E-state index is 9.78. The van der Waals surface area contributed by atoms with Gasteiger partial charge in [0.15, 0.2) is 0 Å².